The molecule has 204 valence electrons. The Bertz CT molecular complexity index is 1380. The van der Waals surface area contributed by atoms with Gasteiger partial charge in [0.05, 0.1) is 5.52 Å². The first-order valence-electron chi connectivity index (χ1n) is 12.5. The highest BCUT2D eigenvalue weighted by molar-refractivity contribution is 7.97. The van der Waals surface area contributed by atoms with E-state index in [1.54, 1.807) is 7.05 Å². The van der Waals surface area contributed by atoms with Gasteiger partial charge in [0.25, 0.3) is 0 Å². The average Bonchev–Trinajstić information content (AvgIpc) is 2.91. The lowest BCUT2D eigenvalue weighted by Gasteiger charge is -2.32. The van der Waals surface area contributed by atoms with Crippen LogP contribution in [0.5, 0.6) is 0 Å². The van der Waals surface area contributed by atoms with Crippen molar-refractivity contribution in [1.82, 2.24) is 14.3 Å². The van der Waals surface area contributed by atoms with Crippen LogP contribution in [0.4, 0.5) is 24.9 Å². The molecule has 3 aromatic carbocycles. The minimum Gasteiger partial charge on any atom is -0.367 e. The summed E-state index contributed by atoms with van der Waals surface area (Å²) in [6.45, 7) is 0.675. The lowest BCUT2D eigenvalue weighted by Crippen LogP contribution is -2.37. The topological polar surface area (TPSA) is 53.1 Å². The van der Waals surface area contributed by atoms with E-state index in [1.807, 2.05) is 54.6 Å². The van der Waals surface area contributed by atoms with E-state index in [-0.39, 0.29) is 23.9 Å². The standard InChI is InChI=1S/C28H26Cl2F3N5S/c1-34-27-36-24-11-6-19(25(17-2-7-20(29)8-3-17)18-4-9-21(30)10-5-18)16-23(24)26(37-27)35-22-12-14-38(15-13-22)39-28(31,32)33/h2-11,16,22,25H,12-15H2,1H3,(H2,34,35,36,37). The van der Waals surface area contributed by atoms with Gasteiger partial charge in [0.2, 0.25) is 5.95 Å². The van der Waals surface area contributed by atoms with Gasteiger partial charge in [0, 0.05) is 59.5 Å². The lowest BCUT2D eigenvalue weighted by molar-refractivity contribution is -0.0366. The minimum atomic E-state index is -4.27. The second kappa shape index (κ2) is 11.8. The predicted octanol–water partition coefficient (Wildman–Crippen LogP) is 8.20. The van der Waals surface area contributed by atoms with Crippen LogP contribution < -0.4 is 10.6 Å². The monoisotopic (exact) mass is 591 g/mol. The fourth-order valence-electron chi connectivity index (χ4n) is 4.87. The van der Waals surface area contributed by atoms with Gasteiger partial charge in [-0.15, -0.1) is 0 Å². The molecule has 4 aromatic rings. The van der Waals surface area contributed by atoms with Crippen molar-refractivity contribution in [3.8, 4) is 0 Å². The zero-order valence-electron chi connectivity index (χ0n) is 21.0. The number of hydrogen-bond acceptors (Lipinski definition) is 6. The van der Waals surface area contributed by atoms with E-state index in [0.29, 0.717) is 47.7 Å². The lowest BCUT2D eigenvalue weighted by atomic mass is 9.84. The van der Waals surface area contributed by atoms with E-state index in [9.17, 15) is 13.2 Å². The van der Waals surface area contributed by atoms with Crippen LogP contribution in [0, 0.1) is 0 Å². The number of halogens is 5. The van der Waals surface area contributed by atoms with E-state index in [2.05, 4.69) is 27.8 Å². The average molecular weight is 593 g/mol. The molecule has 1 aliphatic heterocycles. The number of piperidine rings is 1. The van der Waals surface area contributed by atoms with Gasteiger partial charge in [0.1, 0.15) is 5.82 Å². The summed E-state index contributed by atoms with van der Waals surface area (Å²) in [7, 11) is 1.75. The molecule has 2 N–H and O–H groups in total. The van der Waals surface area contributed by atoms with Crippen LogP contribution in [0.3, 0.4) is 0 Å². The second-order valence-corrected chi connectivity index (χ2v) is 11.4. The summed E-state index contributed by atoms with van der Waals surface area (Å²) in [5, 5.41) is 8.66. The van der Waals surface area contributed by atoms with Gasteiger partial charge in [-0.2, -0.15) is 18.2 Å². The highest BCUT2D eigenvalue weighted by Crippen LogP contribution is 2.37. The number of nitrogens with zero attached hydrogens (tertiary/aromatic N) is 3. The van der Waals surface area contributed by atoms with E-state index >= 15 is 0 Å². The van der Waals surface area contributed by atoms with Gasteiger partial charge < -0.3 is 10.6 Å². The molecule has 2 heterocycles. The van der Waals surface area contributed by atoms with Crippen LogP contribution in [-0.2, 0) is 0 Å². The summed E-state index contributed by atoms with van der Waals surface area (Å²) in [4.78, 5) is 9.33. The normalized spacial score (nSPS) is 15.2. The largest absolute Gasteiger partial charge is 0.456 e. The zero-order valence-corrected chi connectivity index (χ0v) is 23.3. The van der Waals surface area contributed by atoms with E-state index < -0.39 is 5.51 Å². The first-order chi connectivity index (χ1) is 18.7. The Morgan fingerprint density at radius 2 is 1.44 bits per heavy atom. The zero-order chi connectivity index (χ0) is 27.6. The van der Waals surface area contributed by atoms with Crippen LogP contribution in [0.2, 0.25) is 10.0 Å². The van der Waals surface area contributed by atoms with Crippen molar-refractivity contribution in [2.45, 2.75) is 30.3 Å². The van der Waals surface area contributed by atoms with Gasteiger partial charge in [-0.05, 0) is 65.9 Å². The van der Waals surface area contributed by atoms with Gasteiger partial charge in [-0.1, -0.05) is 53.5 Å². The first kappa shape index (κ1) is 27.8. The molecule has 0 radical (unpaired) electrons. The minimum absolute atomic E-state index is 0.00938. The predicted molar refractivity (Wildman–Crippen MR) is 155 cm³/mol. The van der Waals surface area contributed by atoms with Crippen LogP contribution in [0.1, 0.15) is 35.4 Å². The number of benzene rings is 3. The Labute approximate surface area is 239 Å². The fraction of sp³-hybridized carbons (Fsp3) is 0.286. The Morgan fingerprint density at radius 3 is 1.97 bits per heavy atom. The molecule has 39 heavy (non-hydrogen) atoms. The summed E-state index contributed by atoms with van der Waals surface area (Å²) in [5.41, 5.74) is -0.342. The highest BCUT2D eigenvalue weighted by Gasteiger charge is 2.34. The highest BCUT2D eigenvalue weighted by atomic mass is 35.5. The third kappa shape index (κ3) is 6.90. The van der Waals surface area contributed by atoms with Gasteiger partial charge in [0.15, 0.2) is 0 Å². The Hall–Kier alpha value is -2.72. The molecular weight excluding hydrogens is 566 g/mol. The van der Waals surface area contributed by atoms with Gasteiger partial charge >= 0.3 is 5.51 Å². The summed E-state index contributed by atoms with van der Waals surface area (Å²) in [5.74, 6) is 1.03. The van der Waals surface area contributed by atoms with Crippen molar-refractivity contribution < 1.29 is 13.2 Å². The van der Waals surface area contributed by atoms with Crippen LogP contribution in [0.15, 0.2) is 66.7 Å². The van der Waals surface area contributed by atoms with E-state index in [1.165, 1.54) is 4.31 Å². The third-order valence-corrected chi connectivity index (χ3v) is 8.05. The SMILES string of the molecule is CNc1nc(NC2CCN(SC(F)(F)F)CC2)c2cc(C(c3ccc(Cl)cc3)c3ccc(Cl)cc3)ccc2n1. The molecule has 0 bridgehead atoms. The number of alkyl halides is 3. The van der Waals surface area contributed by atoms with Crippen LogP contribution >= 0.6 is 35.1 Å². The Morgan fingerprint density at radius 1 is 0.872 bits per heavy atom. The maximum atomic E-state index is 12.8. The number of rotatable bonds is 7. The molecule has 1 aliphatic rings. The van der Waals surface area contributed by atoms with Crippen molar-refractivity contribution in [1.29, 1.82) is 0 Å². The molecule has 0 spiro atoms. The summed E-state index contributed by atoms with van der Waals surface area (Å²) < 4.78 is 39.8. The maximum Gasteiger partial charge on any atom is 0.456 e. The number of nitrogens with one attached hydrogen (secondary N) is 2. The van der Waals surface area contributed by atoms with Gasteiger partial charge in [-0.25, -0.2) is 9.29 Å². The molecule has 1 saturated heterocycles. The molecule has 5 nitrogen and oxygen atoms in total. The van der Waals surface area contributed by atoms with Crippen molar-refractivity contribution in [2.75, 3.05) is 30.8 Å². The summed E-state index contributed by atoms with van der Waals surface area (Å²) in [6, 6.07) is 21.6. The Balaban J connectivity index is 1.50. The third-order valence-electron chi connectivity index (χ3n) is 6.71. The molecule has 11 heteroatoms. The summed E-state index contributed by atoms with van der Waals surface area (Å²) >= 11 is 12.3. The molecule has 0 saturated carbocycles. The van der Waals surface area contributed by atoms with Crippen molar-refractivity contribution in [3.63, 3.8) is 0 Å². The van der Waals surface area contributed by atoms with Crippen molar-refractivity contribution in [3.05, 3.63) is 93.5 Å². The number of anilines is 2. The number of hydrogen-bond donors (Lipinski definition) is 2. The van der Waals surface area contributed by atoms with Crippen LogP contribution in [-0.4, -0.2) is 46.0 Å². The fourth-order valence-corrected chi connectivity index (χ4v) is 5.80. The van der Waals surface area contributed by atoms with Gasteiger partial charge in [-0.3, -0.25) is 0 Å². The molecule has 0 amide bonds. The molecule has 5 rings (SSSR count). The first-order valence-corrected chi connectivity index (χ1v) is 14.0. The van der Waals surface area contributed by atoms with Crippen LogP contribution in [0.25, 0.3) is 10.9 Å². The molecular formula is C28H26Cl2F3N5S. The molecule has 1 fully saturated rings. The summed E-state index contributed by atoms with van der Waals surface area (Å²) in [6.07, 6.45) is 1.14. The van der Waals surface area contributed by atoms with E-state index in [0.717, 1.165) is 27.6 Å². The van der Waals surface area contributed by atoms with E-state index in [4.69, 9.17) is 28.2 Å². The maximum absolute atomic E-state index is 12.8. The quantitative estimate of drug-likeness (QED) is 0.167. The molecule has 0 aliphatic carbocycles. The van der Waals surface area contributed by atoms with Crippen molar-refractivity contribution in [2.24, 2.45) is 0 Å². The molecule has 1 aromatic heterocycles. The van der Waals surface area contributed by atoms with Crippen molar-refractivity contribution >= 4 is 57.8 Å². The number of aromatic nitrogens is 2. The smallest absolute Gasteiger partial charge is 0.367 e. The molecule has 0 atom stereocenters. The molecule has 0 unspecified atom stereocenters. The second-order valence-electron chi connectivity index (χ2n) is 9.34. The Kier molecular flexibility index (Phi) is 8.42. The number of fused-ring (bicyclic) bond motifs is 1.